The molecule has 4 bridgehead atoms. The summed E-state index contributed by atoms with van der Waals surface area (Å²) in [6, 6.07) is 9.24. The molecule has 38 heavy (non-hydrogen) atoms. The summed E-state index contributed by atoms with van der Waals surface area (Å²) in [5.74, 6) is 1.07. The first-order valence-corrected chi connectivity index (χ1v) is 14.5. The van der Waals surface area contributed by atoms with Crippen LogP contribution in [0.25, 0.3) is 16.9 Å². The third-order valence-electron chi connectivity index (χ3n) is 9.96. The van der Waals surface area contributed by atoms with E-state index in [1.54, 1.807) is 0 Å². The van der Waals surface area contributed by atoms with Crippen molar-refractivity contribution in [3.63, 3.8) is 0 Å². The number of halogens is 1. The number of piperidine rings is 2. The van der Waals surface area contributed by atoms with E-state index in [-0.39, 0.29) is 23.1 Å². The Morgan fingerprint density at radius 1 is 0.816 bits per heavy atom. The normalized spacial score (nSPS) is 31.4. The van der Waals surface area contributed by atoms with Gasteiger partial charge in [-0.05, 0) is 75.8 Å². The van der Waals surface area contributed by atoms with Gasteiger partial charge in [0.2, 0.25) is 5.82 Å². The lowest BCUT2D eigenvalue weighted by Gasteiger charge is -2.55. The molecule has 7 nitrogen and oxygen atoms in total. The van der Waals surface area contributed by atoms with Crippen molar-refractivity contribution >= 4 is 11.0 Å². The third-order valence-corrected chi connectivity index (χ3v) is 9.96. The van der Waals surface area contributed by atoms with Gasteiger partial charge in [-0.25, -0.2) is 18.7 Å². The minimum absolute atomic E-state index is 0.0133. The average Bonchev–Trinajstić information content (AvgIpc) is 2.89. The van der Waals surface area contributed by atoms with E-state index in [4.69, 9.17) is 0 Å². The molecular formula is C30H36FN5O2. The van der Waals surface area contributed by atoms with Crippen molar-refractivity contribution in [2.75, 3.05) is 0 Å². The Morgan fingerprint density at radius 2 is 1.50 bits per heavy atom. The molecule has 2 aliphatic heterocycles. The minimum atomic E-state index is -0.690. The number of rotatable bonds is 3. The van der Waals surface area contributed by atoms with E-state index in [9.17, 15) is 14.0 Å². The fourth-order valence-corrected chi connectivity index (χ4v) is 8.46. The summed E-state index contributed by atoms with van der Waals surface area (Å²) in [4.78, 5) is 38.0. The zero-order valence-corrected chi connectivity index (χ0v) is 22.1. The van der Waals surface area contributed by atoms with Crippen molar-refractivity contribution in [3.05, 3.63) is 62.8 Å². The van der Waals surface area contributed by atoms with Crippen LogP contribution in [0.5, 0.6) is 0 Å². The van der Waals surface area contributed by atoms with E-state index in [1.807, 2.05) is 28.8 Å². The quantitative estimate of drug-likeness (QED) is 0.493. The fraction of sp³-hybridized carbons (Fsp3) is 0.600. The molecular weight excluding hydrogens is 481 g/mol. The summed E-state index contributed by atoms with van der Waals surface area (Å²) in [6.45, 7) is 1.44. The van der Waals surface area contributed by atoms with Crippen LogP contribution >= 0.6 is 0 Å². The Bertz CT molecular complexity index is 1470. The van der Waals surface area contributed by atoms with Gasteiger partial charge in [-0.2, -0.15) is 4.98 Å². The number of hydrogen-bond donors (Lipinski definition) is 0. The number of para-hydroxylation sites is 2. The summed E-state index contributed by atoms with van der Waals surface area (Å²) in [6.07, 6.45) is 14.8. The van der Waals surface area contributed by atoms with Crippen molar-refractivity contribution in [2.45, 2.75) is 102 Å². The van der Waals surface area contributed by atoms with Crippen LogP contribution in [0.2, 0.25) is 0 Å². The summed E-state index contributed by atoms with van der Waals surface area (Å²) >= 11 is 0. The van der Waals surface area contributed by atoms with E-state index in [2.05, 4.69) is 14.9 Å². The van der Waals surface area contributed by atoms with Gasteiger partial charge in [0.1, 0.15) is 0 Å². The molecule has 4 fully saturated rings. The van der Waals surface area contributed by atoms with Crippen LogP contribution in [0.3, 0.4) is 0 Å². The lowest BCUT2D eigenvalue weighted by molar-refractivity contribution is -0.0485. The zero-order valence-electron chi connectivity index (χ0n) is 22.1. The number of benzene rings is 1. The first-order chi connectivity index (χ1) is 18.5. The van der Waals surface area contributed by atoms with E-state index in [0.29, 0.717) is 23.6 Å². The topological polar surface area (TPSA) is 73.0 Å². The maximum atomic E-state index is 14.4. The Labute approximate surface area is 221 Å². The van der Waals surface area contributed by atoms with E-state index in [0.717, 1.165) is 41.0 Å². The second kappa shape index (κ2) is 9.40. The van der Waals surface area contributed by atoms with Crippen LogP contribution in [0.1, 0.15) is 82.4 Å². The Kier molecular flexibility index (Phi) is 5.98. The highest BCUT2D eigenvalue weighted by atomic mass is 19.1. The molecule has 2 aliphatic carbocycles. The molecule has 7 rings (SSSR count). The fourth-order valence-electron chi connectivity index (χ4n) is 8.46. The Hall–Kier alpha value is -2.87. The van der Waals surface area contributed by atoms with E-state index >= 15 is 0 Å². The Balaban J connectivity index is 1.28. The Morgan fingerprint density at radius 3 is 2.24 bits per heavy atom. The van der Waals surface area contributed by atoms with Crippen LogP contribution in [0.15, 0.2) is 40.1 Å². The molecule has 3 aromatic rings. The van der Waals surface area contributed by atoms with Gasteiger partial charge in [0, 0.05) is 24.2 Å². The molecule has 0 spiro atoms. The van der Waals surface area contributed by atoms with Gasteiger partial charge < -0.3 is 4.57 Å². The highest BCUT2D eigenvalue weighted by Crippen LogP contribution is 2.47. The van der Waals surface area contributed by atoms with Gasteiger partial charge in [0.15, 0.2) is 5.82 Å². The number of aromatic nitrogens is 4. The van der Waals surface area contributed by atoms with Crippen molar-refractivity contribution in [1.29, 1.82) is 0 Å². The lowest BCUT2D eigenvalue weighted by Crippen LogP contribution is -2.58. The van der Waals surface area contributed by atoms with E-state index in [1.165, 1.54) is 64.7 Å². The average molecular weight is 518 g/mol. The lowest BCUT2D eigenvalue weighted by atomic mass is 9.68. The summed E-state index contributed by atoms with van der Waals surface area (Å²) in [5.41, 5.74) is 0.380. The number of fused-ring (bicyclic) bond motifs is 5. The molecule has 4 aliphatic rings. The summed E-state index contributed by atoms with van der Waals surface area (Å²) in [5, 5.41) is 0. The molecule has 200 valence electrons. The first-order valence-electron chi connectivity index (χ1n) is 14.5. The number of hydrogen-bond acceptors (Lipinski definition) is 5. The molecule has 2 saturated heterocycles. The van der Waals surface area contributed by atoms with Crippen molar-refractivity contribution in [1.82, 2.24) is 24.0 Å². The molecule has 4 unspecified atom stereocenters. The predicted octanol–water partition coefficient (Wildman–Crippen LogP) is 4.92. The predicted molar refractivity (Wildman–Crippen MR) is 144 cm³/mol. The smallest absolute Gasteiger partial charge is 0.300 e. The summed E-state index contributed by atoms with van der Waals surface area (Å²) < 4.78 is 17.3. The van der Waals surface area contributed by atoms with Gasteiger partial charge in [0.25, 0.3) is 5.56 Å². The molecule has 0 radical (unpaired) electrons. The van der Waals surface area contributed by atoms with Gasteiger partial charge in [-0.3, -0.25) is 9.69 Å². The van der Waals surface area contributed by atoms with Gasteiger partial charge in [-0.15, -0.1) is 0 Å². The van der Waals surface area contributed by atoms with Crippen LogP contribution in [0.4, 0.5) is 4.39 Å². The molecule has 0 N–H and O–H groups in total. The van der Waals surface area contributed by atoms with Crippen molar-refractivity contribution in [2.24, 2.45) is 11.8 Å². The monoisotopic (exact) mass is 517 g/mol. The van der Waals surface area contributed by atoms with Crippen LogP contribution in [-0.4, -0.2) is 42.1 Å². The van der Waals surface area contributed by atoms with Crippen LogP contribution in [0, 0.1) is 24.6 Å². The highest BCUT2D eigenvalue weighted by Gasteiger charge is 2.45. The maximum Gasteiger partial charge on any atom is 0.353 e. The first kappa shape index (κ1) is 24.2. The van der Waals surface area contributed by atoms with Crippen molar-refractivity contribution in [3.8, 4) is 5.82 Å². The van der Waals surface area contributed by atoms with Gasteiger partial charge >= 0.3 is 5.69 Å². The molecule has 8 heteroatoms. The zero-order chi connectivity index (χ0) is 26.0. The van der Waals surface area contributed by atoms with Crippen molar-refractivity contribution < 1.29 is 4.39 Å². The number of aryl methyl sites for hydroxylation is 1. The summed E-state index contributed by atoms with van der Waals surface area (Å²) in [7, 11) is 0. The second-order valence-corrected chi connectivity index (χ2v) is 12.3. The van der Waals surface area contributed by atoms with Crippen LogP contribution in [-0.2, 0) is 0 Å². The van der Waals surface area contributed by atoms with Gasteiger partial charge in [-0.1, -0.05) is 37.8 Å². The number of nitrogens with zero attached hydrogens (tertiary/aromatic N) is 5. The van der Waals surface area contributed by atoms with Crippen LogP contribution < -0.4 is 11.2 Å². The SMILES string of the molecule is Cc1nc(=O)n(-c2nc3ccccc3n(C3CC4CCCC(C3)N4C3CC4CCCC(C4)C3)c2=O)cc1F. The largest absolute Gasteiger partial charge is 0.353 e. The molecule has 4 atom stereocenters. The molecule has 4 heterocycles. The van der Waals surface area contributed by atoms with E-state index < -0.39 is 11.5 Å². The highest BCUT2D eigenvalue weighted by molar-refractivity contribution is 5.75. The standard InChI is InChI=1S/C30H36FN5O2/c1-18-25(31)17-34(30(38)32-18)28-29(37)36(27-11-3-2-10-26(27)33-28)24-15-21-8-5-9-22(16-24)35(21)23-13-19-6-4-7-20(12-19)14-23/h2-3,10-11,17,19-24H,4-9,12-16H2,1H3. The maximum absolute atomic E-state index is 14.4. The molecule has 2 saturated carbocycles. The van der Waals surface area contributed by atoms with Gasteiger partial charge in [0.05, 0.1) is 22.9 Å². The molecule has 0 amide bonds. The second-order valence-electron chi connectivity index (χ2n) is 12.3. The molecule has 1 aromatic carbocycles. The third kappa shape index (κ3) is 4.03. The molecule has 2 aromatic heterocycles. The minimum Gasteiger partial charge on any atom is -0.300 e.